The highest BCUT2D eigenvalue weighted by atomic mass is 19.4. The highest BCUT2D eigenvalue weighted by molar-refractivity contribution is 6.00. The smallest absolute Gasteiger partial charge is 0.507 e. The van der Waals surface area contributed by atoms with Gasteiger partial charge in [-0.3, -0.25) is 4.98 Å². The van der Waals surface area contributed by atoms with Crippen molar-refractivity contribution >= 4 is 16.6 Å². The van der Waals surface area contributed by atoms with Gasteiger partial charge in [-0.05, 0) is 43.9 Å². The molecule has 30 heavy (non-hydrogen) atoms. The topological polar surface area (TPSA) is 100 Å². The number of hydrogen-bond acceptors (Lipinski definition) is 7. The first kappa shape index (κ1) is 20.1. The number of aromatic hydroxyl groups is 1. The molecule has 0 saturated heterocycles. The summed E-state index contributed by atoms with van der Waals surface area (Å²) in [6.07, 6.45) is 1.12. The maximum absolute atomic E-state index is 12.4. The number of halogens is 3. The number of fused-ring (bicyclic) bond motifs is 1. The normalized spacial score (nSPS) is 19.6. The standard InChI is InChI=1S/C20H19F3N4O3/c21-20(22,23)30-13-4-5-15(17(29)9-13)18-14-6-7-24-10-16(14)19(27-26-18)25-11-2-1-3-12(28)8-11/h4-7,9-12,28-29H,1-3,8H2,(H,25,27)/t11-,12-/m0/s1. The number of aliphatic hydroxyl groups excluding tert-OH is 1. The van der Waals surface area contributed by atoms with Crippen molar-refractivity contribution in [2.75, 3.05) is 5.32 Å². The van der Waals surface area contributed by atoms with Crippen LogP contribution in [0.2, 0.25) is 0 Å². The molecule has 1 saturated carbocycles. The van der Waals surface area contributed by atoms with E-state index in [1.807, 2.05) is 0 Å². The molecule has 3 aromatic rings. The van der Waals surface area contributed by atoms with E-state index in [0.717, 1.165) is 31.4 Å². The zero-order valence-electron chi connectivity index (χ0n) is 15.7. The number of rotatable bonds is 4. The Kier molecular flexibility index (Phi) is 5.33. The van der Waals surface area contributed by atoms with Crippen molar-refractivity contribution in [2.45, 2.75) is 44.2 Å². The number of anilines is 1. The number of phenols is 1. The number of aromatic nitrogens is 3. The van der Waals surface area contributed by atoms with Gasteiger partial charge in [-0.25, -0.2) is 0 Å². The number of pyridine rings is 1. The number of ether oxygens (including phenoxy) is 1. The summed E-state index contributed by atoms with van der Waals surface area (Å²) in [6.45, 7) is 0. The first-order valence-electron chi connectivity index (χ1n) is 9.44. The Hall–Kier alpha value is -3.14. The van der Waals surface area contributed by atoms with Crippen molar-refractivity contribution in [1.82, 2.24) is 15.2 Å². The van der Waals surface area contributed by atoms with Crippen LogP contribution in [0.4, 0.5) is 19.0 Å². The molecule has 0 radical (unpaired) electrons. The monoisotopic (exact) mass is 420 g/mol. The summed E-state index contributed by atoms with van der Waals surface area (Å²) in [4.78, 5) is 4.13. The molecule has 158 valence electrons. The second-order valence-electron chi connectivity index (χ2n) is 7.21. The number of aliphatic hydroxyl groups is 1. The van der Waals surface area contributed by atoms with E-state index in [2.05, 4.69) is 25.2 Å². The van der Waals surface area contributed by atoms with Crippen LogP contribution >= 0.6 is 0 Å². The Morgan fingerprint density at radius 1 is 1.10 bits per heavy atom. The summed E-state index contributed by atoms with van der Waals surface area (Å²) in [5.74, 6) is -0.449. The summed E-state index contributed by atoms with van der Waals surface area (Å²) >= 11 is 0. The van der Waals surface area contributed by atoms with Gasteiger partial charge in [0.15, 0.2) is 5.82 Å². The number of nitrogens with one attached hydrogen (secondary N) is 1. The van der Waals surface area contributed by atoms with Crippen LogP contribution in [0.3, 0.4) is 0 Å². The quantitative estimate of drug-likeness (QED) is 0.586. The molecule has 2 aromatic heterocycles. The summed E-state index contributed by atoms with van der Waals surface area (Å²) in [6, 6.07) is 5.02. The highest BCUT2D eigenvalue weighted by Gasteiger charge is 2.31. The van der Waals surface area contributed by atoms with E-state index in [9.17, 15) is 23.4 Å². The SMILES string of the molecule is Oc1cc(OC(F)(F)F)ccc1-c1nnc(N[C@H]2CCC[C@H](O)C2)c2cnccc12. The van der Waals surface area contributed by atoms with E-state index in [1.54, 1.807) is 18.5 Å². The molecule has 1 aliphatic carbocycles. The zero-order valence-corrected chi connectivity index (χ0v) is 15.7. The Morgan fingerprint density at radius 3 is 2.67 bits per heavy atom. The summed E-state index contributed by atoms with van der Waals surface area (Å²) < 4.78 is 41.1. The number of benzene rings is 1. The van der Waals surface area contributed by atoms with Crippen molar-refractivity contribution in [3.8, 4) is 22.8 Å². The average molecular weight is 420 g/mol. The van der Waals surface area contributed by atoms with Crippen molar-refractivity contribution in [3.63, 3.8) is 0 Å². The first-order valence-corrected chi connectivity index (χ1v) is 9.44. The number of alkyl halides is 3. The largest absolute Gasteiger partial charge is 0.573 e. The number of phenolic OH excluding ortho intramolecular Hbond substituents is 1. The predicted octanol–water partition coefficient (Wildman–Crippen LogP) is 4.01. The Morgan fingerprint density at radius 2 is 1.93 bits per heavy atom. The number of hydrogen-bond donors (Lipinski definition) is 3. The Balaban J connectivity index is 1.69. The van der Waals surface area contributed by atoms with Crippen LogP contribution in [0.1, 0.15) is 25.7 Å². The lowest BCUT2D eigenvalue weighted by Gasteiger charge is -2.27. The fraction of sp³-hybridized carbons (Fsp3) is 0.350. The highest BCUT2D eigenvalue weighted by Crippen LogP contribution is 2.37. The minimum absolute atomic E-state index is 0.0458. The third-order valence-electron chi connectivity index (χ3n) is 5.03. The molecule has 2 heterocycles. The van der Waals surface area contributed by atoms with Crippen LogP contribution in [0.15, 0.2) is 36.7 Å². The summed E-state index contributed by atoms with van der Waals surface area (Å²) in [5, 5.41) is 33.2. The lowest BCUT2D eigenvalue weighted by Crippen LogP contribution is -2.30. The molecule has 2 atom stereocenters. The predicted molar refractivity (Wildman–Crippen MR) is 103 cm³/mol. The van der Waals surface area contributed by atoms with Gasteiger partial charge in [0.25, 0.3) is 0 Å². The van der Waals surface area contributed by atoms with Crippen LogP contribution < -0.4 is 10.1 Å². The third kappa shape index (κ3) is 4.38. The molecule has 1 aromatic carbocycles. The lowest BCUT2D eigenvalue weighted by atomic mass is 9.93. The fourth-order valence-corrected chi connectivity index (χ4v) is 3.70. The summed E-state index contributed by atoms with van der Waals surface area (Å²) in [5.41, 5.74) is 0.519. The maximum Gasteiger partial charge on any atom is 0.573 e. The molecule has 0 aliphatic heterocycles. The van der Waals surface area contributed by atoms with Gasteiger partial charge in [-0.1, -0.05) is 0 Å². The lowest BCUT2D eigenvalue weighted by molar-refractivity contribution is -0.274. The van der Waals surface area contributed by atoms with E-state index >= 15 is 0 Å². The van der Waals surface area contributed by atoms with Crippen LogP contribution in [0.25, 0.3) is 22.0 Å². The summed E-state index contributed by atoms with van der Waals surface area (Å²) in [7, 11) is 0. The molecule has 3 N–H and O–H groups in total. The van der Waals surface area contributed by atoms with Crippen molar-refractivity contribution in [2.24, 2.45) is 0 Å². The van der Waals surface area contributed by atoms with Crippen LogP contribution in [-0.4, -0.2) is 43.9 Å². The van der Waals surface area contributed by atoms with Crippen LogP contribution in [-0.2, 0) is 0 Å². The molecule has 0 unspecified atom stereocenters. The van der Waals surface area contributed by atoms with Gasteiger partial charge >= 0.3 is 6.36 Å². The van der Waals surface area contributed by atoms with E-state index in [1.165, 1.54) is 6.07 Å². The van der Waals surface area contributed by atoms with Crippen LogP contribution in [0.5, 0.6) is 11.5 Å². The Bertz CT molecular complexity index is 1060. The average Bonchev–Trinajstić information content (AvgIpc) is 2.68. The van der Waals surface area contributed by atoms with Crippen molar-refractivity contribution in [3.05, 3.63) is 36.7 Å². The molecule has 0 amide bonds. The molecule has 1 fully saturated rings. The zero-order chi connectivity index (χ0) is 21.3. The minimum Gasteiger partial charge on any atom is -0.507 e. The van der Waals surface area contributed by atoms with Gasteiger partial charge in [-0.2, -0.15) is 0 Å². The molecule has 0 spiro atoms. The van der Waals surface area contributed by atoms with E-state index in [-0.39, 0.29) is 17.7 Å². The first-order chi connectivity index (χ1) is 14.3. The van der Waals surface area contributed by atoms with E-state index in [0.29, 0.717) is 28.7 Å². The molecule has 4 rings (SSSR count). The Labute approximate surface area is 169 Å². The van der Waals surface area contributed by atoms with Gasteiger partial charge in [0.2, 0.25) is 0 Å². The van der Waals surface area contributed by atoms with Gasteiger partial charge in [-0.15, -0.1) is 23.4 Å². The van der Waals surface area contributed by atoms with Gasteiger partial charge in [0.05, 0.1) is 6.10 Å². The minimum atomic E-state index is -4.86. The molecular weight excluding hydrogens is 401 g/mol. The van der Waals surface area contributed by atoms with Crippen molar-refractivity contribution < 1.29 is 28.1 Å². The second kappa shape index (κ2) is 7.94. The number of nitrogens with zero attached hydrogens (tertiary/aromatic N) is 3. The maximum atomic E-state index is 12.4. The van der Waals surface area contributed by atoms with Gasteiger partial charge in [0.1, 0.15) is 17.2 Å². The molecular formula is C20H19F3N4O3. The van der Waals surface area contributed by atoms with Gasteiger partial charge < -0.3 is 20.3 Å². The van der Waals surface area contributed by atoms with Crippen LogP contribution in [0, 0.1) is 0 Å². The molecule has 10 heteroatoms. The van der Waals surface area contributed by atoms with Crippen molar-refractivity contribution in [1.29, 1.82) is 0 Å². The van der Waals surface area contributed by atoms with E-state index < -0.39 is 17.9 Å². The molecule has 0 bridgehead atoms. The molecule has 1 aliphatic rings. The second-order valence-corrected chi connectivity index (χ2v) is 7.21. The van der Waals surface area contributed by atoms with E-state index in [4.69, 9.17) is 0 Å². The van der Waals surface area contributed by atoms with Gasteiger partial charge in [0, 0.05) is 40.8 Å². The third-order valence-corrected chi connectivity index (χ3v) is 5.03. The molecule has 7 nitrogen and oxygen atoms in total. The fourth-order valence-electron chi connectivity index (χ4n) is 3.70.